The number of rotatable bonds is 9. The van der Waals surface area contributed by atoms with Gasteiger partial charge in [0.25, 0.3) is 11.8 Å². The van der Waals surface area contributed by atoms with Gasteiger partial charge >= 0.3 is 5.97 Å². The van der Waals surface area contributed by atoms with Gasteiger partial charge in [0.2, 0.25) is 0 Å². The number of anilines is 1. The molecule has 1 aromatic carbocycles. The molecule has 0 saturated carbocycles. The largest absolute Gasteiger partial charge is 0.483 e. The minimum absolute atomic E-state index is 0.180. The average Bonchev–Trinajstić information content (AvgIpc) is 3.04. The summed E-state index contributed by atoms with van der Waals surface area (Å²) in [5, 5.41) is 3.55. The van der Waals surface area contributed by atoms with Crippen LogP contribution in [0.2, 0.25) is 5.02 Å². The second kappa shape index (κ2) is 11.2. The third kappa shape index (κ3) is 5.98. The molecule has 168 valence electrons. The highest BCUT2D eigenvalue weighted by atomic mass is 35.5. The van der Waals surface area contributed by atoms with Crippen LogP contribution in [0.5, 0.6) is 5.75 Å². The smallest absolute Gasteiger partial charge is 0.341 e. The second-order valence-corrected chi connectivity index (χ2v) is 8.16. The van der Waals surface area contributed by atoms with Crippen molar-refractivity contribution in [3.8, 4) is 5.75 Å². The molecule has 7 nitrogen and oxygen atoms in total. The van der Waals surface area contributed by atoms with Crippen LogP contribution < -0.4 is 10.1 Å². The van der Waals surface area contributed by atoms with E-state index in [2.05, 4.69) is 5.32 Å². The van der Waals surface area contributed by atoms with Crippen LogP contribution in [0.25, 0.3) is 0 Å². The SMILES string of the molecule is CCOC(=O)c1c(NC(=O)COc2ccc(Cl)cc2C)sc(C(=O)N(CC)CC)c1C. The van der Waals surface area contributed by atoms with E-state index in [9.17, 15) is 14.4 Å². The normalized spacial score (nSPS) is 10.5. The molecular weight excluding hydrogens is 440 g/mol. The molecule has 0 fully saturated rings. The van der Waals surface area contributed by atoms with E-state index in [0.717, 1.165) is 16.9 Å². The summed E-state index contributed by atoms with van der Waals surface area (Å²) >= 11 is 7.00. The molecule has 0 spiro atoms. The average molecular weight is 467 g/mol. The molecule has 2 aromatic rings. The van der Waals surface area contributed by atoms with Crippen LogP contribution in [-0.4, -0.2) is 49.0 Å². The summed E-state index contributed by atoms with van der Waals surface area (Å²) in [5.41, 5.74) is 1.48. The van der Waals surface area contributed by atoms with Gasteiger partial charge in [-0.2, -0.15) is 0 Å². The third-order valence-corrected chi connectivity index (χ3v) is 6.05. The number of aryl methyl sites for hydroxylation is 1. The van der Waals surface area contributed by atoms with Gasteiger partial charge in [-0.15, -0.1) is 11.3 Å². The number of thiophene rings is 1. The van der Waals surface area contributed by atoms with E-state index in [1.54, 1.807) is 36.9 Å². The standard InChI is InChI=1S/C22H27ClN2O5S/c1-6-25(7-2)21(27)19-14(5)18(22(28)29-8-3)20(31-19)24-17(26)12-30-16-10-9-15(23)11-13(16)4/h9-11H,6-8,12H2,1-5H3,(H,24,26). The van der Waals surface area contributed by atoms with Gasteiger partial charge in [0, 0.05) is 18.1 Å². The second-order valence-electron chi connectivity index (χ2n) is 6.70. The van der Waals surface area contributed by atoms with Crippen molar-refractivity contribution in [1.29, 1.82) is 0 Å². The molecule has 9 heteroatoms. The van der Waals surface area contributed by atoms with Crippen LogP contribution in [0, 0.1) is 13.8 Å². The summed E-state index contributed by atoms with van der Waals surface area (Å²) in [5.74, 6) is -0.695. The highest BCUT2D eigenvalue weighted by Gasteiger charge is 2.28. The van der Waals surface area contributed by atoms with E-state index in [1.807, 2.05) is 20.8 Å². The zero-order valence-electron chi connectivity index (χ0n) is 18.3. The number of hydrogen-bond donors (Lipinski definition) is 1. The van der Waals surface area contributed by atoms with Crippen molar-refractivity contribution in [3.05, 3.63) is 44.8 Å². The first-order chi connectivity index (χ1) is 14.7. The molecule has 1 N–H and O–H groups in total. The number of amides is 2. The molecule has 31 heavy (non-hydrogen) atoms. The molecule has 0 aliphatic rings. The Morgan fingerprint density at radius 2 is 1.81 bits per heavy atom. The first-order valence-corrected chi connectivity index (χ1v) is 11.2. The zero-order valence-corrected chi connectivity index (χ0v) is 19.9. The monoisotopic (exact) mass is 466 g/mol. The number of hydrogen-bond acceptors (Lipinski definition) is 6. The Morgan fingerprint density at radius 3 is 2.39 bits per heavy atom. The highest BCUT2D eigenvalue weighted by Crippen LogP contribution is 2.34. The lowest BCUT2D eigenvalue weighted by molar-refractivity contribution is -0.118. The summed E-state index contributed by atoms with van der Waals surface area (Å²) in [6.07, 6.45) is 0. The topological polar surface area (TPSA) is 84.9 Å². The van der Waals surface area contributed by atoms with Gasteiger partial charge in [0.15, 0.2) is 6.61 Å². The van der Waals surface area contributed by atoms with Gasteiger partial charge in [0.1, 0.15) is 10.8 Å². The van der Waals surface area contributed by atoms with Crippen molar-refractivity contribution >= 4 is 45.7 Å². The fourth-order valence-electron chi connectivity index (χ4n) is 2.99. The number of benzene rings is 1. The lowest BCUT2D eigenvalue weighted by Crippen LogP contribution is -2.30. The Hall–Kier alpha value is -2.58. The van der Waals surface area contributed by atoms with E-state index >= 15 is 0 Å². The van der Waals surface area contributed by atoms with Crippen LogP contribution in [-0.2, 0) is 9.53 Å². The van der Waals surface area contributed by atoms with Crippen molar-refractivity contribution in [2.75, 3.05) is 31.6 Å². The maximum absolute atomic E-state index is 12.9. The predicted molar refractivity (Wildman–Crippen MR) is 123 cm³/mol. The maximum atomic E-state index is 12.9. The lowest BCUT2D eigenvalue weighted by Gasteiger charge is -2.18. The van der Waals surface area contributed by atoms with Gasteiger partial charge in [-0.3, -0.25) is 9.59 Å². The van der Waals surface area contributed by atoms with Crippen LogP contribution in [0.15, 0.2) is 18.2 Å². The fraction of sp³-hybridized carbons (Fsp3) is 0.409. The van der Waals surface area contributed by atoms with Crippen molar-refractivity contribution in [3.63, 3.8) is 0 Å². The molecule has 0 saturated heterocycles. The molecule has 0 bridgehead atoms. The van der Waals surface area contributed by atoms with Crippen molar-refractivity contribution in [2.24, 2.45) is 0 Å². The summed E-state index contributed by atoms with van der Waals surface area (Å²) in [4.78, 5) is 40.0. The molecule has 1 heterocycles. The quantitative estimate of drug-likeness (QED) is 0.541. The molecule has 0 atom stereocenters. The first kappa shape index (κ1) is 24.7. The third-order valence-electron chi connectivity index (χ3n) is 4.62. The molecule has 1 aromatic heterocycles. The molecule has 0 aliphatic carbocycles. The molecule has 0 radical (unpaired) electrons. The van der Waals surface area contributed by atoms with Gasteiger partial charge in [-0.25, -0.2) is 4.79 Å². The number of nitrogens with zero attached hydrogens (tertiary/aromatic N) is 1. The maximum Gasteiger partial charge on any atom is 0.341 e. The van der Waals surface area contributed by atoms with Crippen LogP contribution in [0.1, 0.15) is 51.9 Å². The van der Waals surface area contributed by atoms with Gasteiger partial charge < -0.3 is 19.7 Å². The number of carbonyl (C=O) groups excluding carboxylic acids is 3. The fourth-order valence-corrected chi connectivity index (χ4v) is 4.40. The van der Waals surface area contributed by atoms with Crippen molar-refractivity contribution in [1.82, 2.24) is 4.90 Å². The summed E-state index contributed by atoms with van der Waals surface area (Å²) in [7, 11) is 0. The lowest BCUT2D eigenvalue weighted by atomic mass is 10.1. The summed E-state index contributed by atoms with van der Waals surface area (Å²) in [6, 6.07) is 5.10. The Morgan fingerprint density at radius 1 is 1.13 bits per heavy atom. The molecule has 0 unspecified atom stereocenters. The van der Waals surface area contributed by atoms with E-state index in [4.69, 9.17) is 21.1 Å². The number of nitrogens with one attached hydrogen (secondary N) is 1. The van der Waals surface area contributed by atoms with E-state index in [1.165, 1.54) is 0 Å². The summed E-state index contributed by atoms with van der Waals surface area (Å²) in [6.45, 7) is 9.97. The molecule has 0 aliphatic heterocycles. The zero-order chi connectivity index (χ0) is 23.1. The minimum Gasteiger partial charge on any atom is -0.483 e. The van der Waals surface area contributed by atoms with E-state index < -0.39 is 11.9 Å². The van der Waals surface area contributed by atoms with E-state index in [0.29, 0.717) is 34.3 Å². The van der Waals surface area contributed by atoms with Gasteiger partial charge in [-0.05, 0) is 63.9 Å². The van der Waals surface area contributed by atoms with Gasteiger partial charge in [-0.1, -0.05) is 11.6 Å². The Labute approximate surface area is 191 Å². The highest BCUT2D eigenvalue weighted by molar-refractivity contribution is 7.18. The van der Waals surface area contributed by atoms with Crippen molar-refractivity contribution in [2.45, 2.75) is 34.6 Å². The number of ether oxygens (including phenoxy) is 2. The van der Waals surface area contributed by atoms with Gasteiger partial charge in [0.05, 0.1) is 17.0 Å². The van der Waals surface area contributed by atoms with Crippen LogP contribution in [0.4, 0.5) is 5.00 Å². The van der Waals surface area contributed by atoms with Crippen LogP contribution >= 0.6 is 22.9 Å². The molecule has 2 amide bonds. The van der Waals surface area contributed by atoms with E-state index in [-0.39, 0.29) is 29.7 Å². The molecule has 2 rings (SSSR count). The molecular formula is C22H27ClN2O5S. The minimum atomic E-state index is -0.584. The number of carbonyl (C=O) groups is 3. The Kier molecular flexibility index (Phi) is 8.88. The van der Waals surface area contributed by atoms with Crippen LogP contribution in [0.3, 0.4) is 0 Å². The Balaban J connectivity index is 2.26. The summed E-state index contributed by atoms with van der Waals surface area (Å²) < 4.78 is 10.7. The van der Waals surface area contributed by atoms with Crippen molar-refractivity contribution < 1.29 is 23.9 Å². The number of esters is 1. The Bertz CT molecular complexity index is 969. The first-order valence-electron chi connectivity index (χ1n) is 10.0. The number of halogens is 1. The predicted octanol–water partition coefficient (Wildman–Crippen LogP) is 4.69.